The number of rotatable bonds is 8. The fraction of sp³-hybridized carbons (Fsp3) is 0.438. The Morgan fingerprint density at radius 1 is 1.42 bits per heavy atom. The number of aromatic nitrogens is 2. The van der Waals surface area contributed by atoms with E-state index in [1.807, 2.05) is 30.0 Å². The van der Waals surface area contributed by atoms with Crippen LogP contribution in [0.3, 0.4) is 0 Å². The predicted octanol–water partition coefficient (Wildman–Crippen LogP) is 4.27. The van der Waals surface area contributed by atoms with Gasteiger partial charge in [0.15, 0.2) is 4.34 Å². The summed E-state index contributed by atoms with van der Waals surface area (Å²) in [5.41, 5.74) is 0. The maximum Gasteiger partial charge on any atom is 0.228 e. The molecule has 0 saturated heterocycles. The average molecular weight is 384 g/mol. The summed E-state index contributed by atoms with van der Waals surface area (Å²) in [5.74, 6) is 1.55. The molecule has 1 aromatic carbocycles. The Morgan fingerprint density at radius 2 is 2.21 bits per heavy atom. The Labute approximate surface area is 154 Å². The molecule has 1 aliphatic rings. The zero-order chi connectivity index (χ0) is 16.9. The largest absolute Gasteiger partial charge is 0.491 e. The molecule has 2 aromatic rings. The van der Waals surface area contributed by atoms with Crippen molar-refractivity contribution in [3.05, 3.63) is 29.3 Å². The van der Waals surface area contributed by atoms with Crippen LogP contribution in [0.5, 0.6) is 5.75 Å². The van der Waals surface area contributed by atoms with Gasteiger partial charge in [0.25, 0.3) is 0 Å². The number of hydrogen-bond acceptors (Lipinski definition) is 6. The molecule has 0 bridgehead atoms. The van der Waals surface area contributed by atoms with Gasteiger partial charge in [-0.2, -0.15) is 0 Å². The summed E-state index contributed by atoms with van der Waals surface area (Å²) in [7, 11) is 0. The quantitative estimate of drug-likeness (QED) is 0.387. The molecule has 1 amide bonds. The van der Waals surface area contributed by atoms with Crippen molar-refractivity contribution in [3.8, 4) is 5.75 Å². The normalized spacial score (nSPS) is 13.8. The molecule has 1 aliphatic carbocycles. The second-order valence-electron chi connectivity index (χ2n) is 5.33. The molecule has 0 spiro atoms. The smallest absolute Gasteiger partial charge is 0.228 e. The van der Waals surface area contributed by atoms with E-state index in [0.29, 0.717) is 35.0 Å². The van der Waals surface area contributed by atoms with Gasteiger partial charge in [-0.3, -0.25) is 9.69 Å². The van der Waals surface area contributed by atoms with E-state index in [1.165, 1.54) is 11.3 Å². The molecule has 8 heteroatoms. The van der Waals surface area contributed by atoms with Crippen LogP contribution in [0, 0.1) is 0 Å². The van der Waals surface area contributed by atoms with Crippen molar-refractivity contribution in [1.82, 2.24) is 10.2 Å². The number of nitrogens with zero attached hydrogens (tertiary/aromatic N) is 3. The van der Waals surface area contributed by atoms with Crippen LogP contribution in [0.1, 0.15) is 26.2 Å². The Morgan fingerprint density at radius 3 is 2.92 bits per heavy atom. The molecule has 0 aliphatic heterocycles. The SMILES string of the molecule is CCC(=O)N(c1nnc(SCCOc2ccccc2Cl)s1)C1CC1. The summed E-state index contributed by atoms with van der Waals surface area (Å²) in [6.45, 7) is 2.41. The third-order valence-corrected chi connectivity index (χ3v) is 5.82. The van der Waals surface area contributed by atoms with E-state index < -0.39 is 0 Å². The van der Waals surface area contributed by atoms with E-state index >= 15 is 0 Å². The number of amides is 1. The lowest BCUT2D eigenvalue weighted by Crippen LogP contribution is -2.32. The number of carbonyl (C=O) groups excluding carboxylic acids is 1. The summed E-state index contributed by atoms with van der Waals surface area (Å²) in [6, 6.07) is 7.73. The summed E-state index contributed by atoms with van der Waals surface area (Å²) < 4.78 is 6.51. The molecule has 3 rings (SSSR count). The van der Waals surface area contributed by atoms with Gasteiger partial charge in [-0.05, 0) is 25.0 Å². The second-order valence-corrected chi connectivity index (χ2v) is 8.03. The lowest BCUT2D eigenvalue weighted by atomic mass is 10.3. The van der Waals surface area contributed by atoms with Crippen molar-refractivity contribution in [1.29, 1.82) is 0 Å². The molecule has 0 atom stereocenters. The maximum absolute atomic E-state index is 12.1. The first-order valence-corrected chi connectivity index (χ1v) is 10.0. The molecule has 1 heterocycles. The molecule has 5 nitrogen and oxygen atoms in total. The molecule has 0 unspecified atom stereocenters. The van der Waals surface area contributed by atoms with Crippen molar-refractivity contribution >= 4 is 45.7 Å². The molecule has 1 saturated carbocycles. The van der Waals surface area contributed by atoms with Crippen LogP contribution in [-0.4, -0.2) is 34.5 Å². The molecular weight excluding hydrogens is 366 g/mol. The number of thioether (sulfide) groups is 1. The van der Waals surface area contributed by atoms with Gasteiger partial charge in [0.2, 0.25) is 11.0 Å². The van der Waals surface area contributed by atoms with Crippen molar-refractivity contribution in [3.63, 3.8) is 0 Å². The van der Waals surface area contributed by atoms with E-state index in [2.05, 4.69) is 10.2 Å². The number of ether oxygens (including phenoxy) is 1. The van der Waals surface area contributed by atoms with E-state index in [4.69, 9.17) is 16.3 Å². The molecule has 1 aromatic heterocycles. The van der Waals surface area contributed by atoms with Crippen LogP contribution >= 0.6 is 34.7 Å². The maximum atomic E-state index is 12.1. The average Bonchev–Trinajstić information content (AvgIpc) is 3.31. The number of carbonyl (C=O) groups is 1. The minimum Gasteiger partial charge on any atom is -0.491 e. The third kappa shape index (κ3) is 4.40. The highest BCUT2D eigenvalue weighted by molar-refractivity contribution is 8.01. The van der Waals surface area contributed by atoms with Crippen LogP contribution in [0.4, 0.5) is 5.13 Å². The summed E-state index contributed by atoms with van der Waals surface area (Å²) in [6.07, 6.45) is 2.60. The highest BCUT2D eigenvalue weighted by Gasteiger charge is 2.35. The van der Waals surface area contributed by atoms with Gasteiger partial charge in [0.05, 0.1) is 11.6 Å². The first kappa shape index (κ1) is 17.5. The zero-order valence-corrected chi connectivity index (χ0v) is 15.7. The first-order valence-electron chi connectivity index (χ1n) is 7.84. The monoisotopic (exact) mass is 383 g/mol. The zero-order valence-electron chi connectivity index (χ0n) is 13.3. The van der Waals surface area contributed by atoms with E-state index in [0.717, 1.165) is 22.9 Å². The highest BCUT2D eigenvalue weighted by atomic mass is 35.5. The lowest BCUT2D eigenvalue weighted by Gasteiger charge is -2.17. The van der Waals surface area contributed by atoms with E-state index in [9.17, 15) is 4.79 Å². The standard InChI is InChI=1S/C16H18ClN3O2S2/c1-2-14(21)20(11-7-8-11)15-18-19-16(24-15)23-10-9-22-13-6-4-3-5-12(13)17/h3-6,11H,2,7-10H2,1H3. The van der Waals surface area contributed by atoms with Gasteiger partial charge in [-0.25, -0.2) is 0 Å². The van der Waals surface area contributed by atoms with Crippen molar-refractivity contribution in [2.45, 2.75) is 36.6 Å². The van der Waals surface area contributed by atoms with Gasteiger partial charge in [0, 0.05) is 18.2 Å². The third-order valence-electron chi connectivity index (χ3n) is 3.49. The van der Waals surface area contributed by atoms with Crippen LogP contribution in [-0.2, 0) is 4.79 Å². The summed E-state index contributed by atoms with van der Waals surface area (Å²) >= 11 is 9.09. The fourth-order valence-electron chi connectivity index (χ4n) is 2.17. The number of halogens is 1. The molecule has 0 N–H and O–H groups in total. The van der Waals surface area contributed by atoms with Gasteiger partial charge < -0.3 is 4.74 Å². The van der Waals surface area contributed by atoms with Gasteiger partial charge in [-0.1, -0.05) is 53.8 Å². The molecule has 128 valence electrons. The van der Waals surface area contributed by atoms with Gasteiger partial charge in [-0.15, -0.1) is 10.2 Å². The molecular formula is C16H18ClN3O2S2. The summed E-state index contributed by atoms with van der Waals surface area (Å²) in [4.78, 5) is 13.9. The number of anilines is 1. The Hall–Kier alpha value is -1.31. The van der Waals surface area contributed by atoms with Gasteiger partial charge >= 0.3 is 0 Å². The van der Waals surface area contributed by atoms with Crippen LogP contribution in [0.25, 0.3) is 0 Å². The predicted molar refractivity (Wildman–Crippen MR) is 98.4 cm³/mol. The van der Waals surface area contributed by atoms with E-state index in [1.54, 1.807) is 17.8 Å². The van der Waals surface area contributed by atoms with Gasteiger partial charge in [0.1, 0.15) is 5.75 Å². The lowest BCUT2D eigenvalue weighted by molar-refractivity contribution is -0.118. The van der Waals surface area contributed by atoms with Crippen molar-refractivity contribution in [2.24, 2.45) is 0 Å². The minimum atomic E-state index is 0.118. The Bertz CT molecular complexity index is 706. The molecule has 24 heavy (non-hydrogen) atoms. The fourth-order valence-corrected chi connectivity index (χ4v) is 4.18. The highest BCUT2D eigenvalue weighted by Crippen LogP contribution is 2.36. The van der Waals surface area contributed by atoms with Crippen molar-refractivity contribution < 1.29 is 9.53 Å². The second kappa shape index (κ2) is 8.18. The molecule has 0 radical (unpaired) electrons. The Balaban J connectivity index is 1.51. The topological polar surface area (TPSA) is 55.3 Å². The van der Waals surface area contributed by atoms with Crippen LogP contribution in [0.2, 0.25) is 5.02 Å². The minimum absolute atomic E-state index is 0.118. The van der Waals surface area contributed by atoms with Crippen LogP contribution < -0.4 is 9.64 Å². The Kier molecular flexibility index (Phi) is 5.97. The summed E-state index contributed by atoms with van der Waals surface area (Å²) in [5, 5.41) is 9.69. The number of hydrogen-bond donors (Lipinski definition) is 0. The number of benzene rings is 1. The van der Waals surface area contributed by atoms with Crippen LogP contribution in [0.15, 0.2) is 28.6 Å². The molecule has 1 fully saturated rings. The van der Waals surface area contributed by atoms with E-state index in [-0.39, 0.29) is 5.91 Å². The first-order chi connectivity index (χ1) is 11.7. The van der Waals surface area contributed by atoms with Crippen molar-refractivity contribution in [2.75, 3.05) is 17.3 Å². The number of para-hydroxylation sites is 1.